The van der Waals surface area contributed by atoms with E-state index in [1.165, 1.54) is 12.3 Å². The molecule has 1 saturated carbocycles. The fourth-order valence-electron chi connectivity index (χ4n) is 2.28. The second-order valence-electron chi connectivity index (χ2n) is 4.69. The highest BCUT2D eigenvalue weighted by Crippen LogP contribution is 2.21. The summed E-state index contributed by atoms with van der Waals surface area (Å²) >= 11 is 0. The molecule has 0 radical (unpaired) electrons. The Hall–Kier alpha value is -1.62. The van der Waals surface area contributed by atoms with Crippen LogP contribution in [0.2, 0.25) is 0 Å². The Morgan fingerprint density at radius 1 is 1.28 bits per heavy atom. The monoisotopic (exact) mass is 250 g/mol. The van der Waals surface area contributed by atoms with Gasteiger partial charge in [-0.2, -0.15) is 0 Å². The van der Waals surface area contributed by atoms with E-state index in [1.807, 2.05) is 0 Å². The highest BCUT2D eigenvalue weighted by molar-refractivity contribution is 5.85. The summed E-state index contributed by atoms with van der Waals surface area (Å²) in [6, 6.07) is 3.19. The number of nitrogens with one attached hydrogen (secondary N) is 1. The lowest BCUT2D eigenvalue weighted by atomic mass is 10.1. The number of rotatable bonds is 3. The molecule has 0 aromatic carbocycles. The first-order chi connectivity index (χ1) is 8.66. The highest BCUT2D eigenvalue weighted by atomic mass is 16.4. The topological polar surface area (TPSA) is 82.5 Å². The second-order valence-corrected chi connectivity index (χ2v) is 4.69. The molecule has 18 heavy (non-hydrogen) atoms. The third kappa shape index (κ3) is 3.20. The standard InChI is InChI=1S/C13H18N2O3/c16-12-5-3-1-2-4-10(12)15-9-6-7-11(13(17)18)14-8-9/h6-8,10,12,15-16H,1-5H2,(H,17,18). The molecular weight excluding hydrogens is 232 g/mol. The van der Waals surface area contributed by atoms with Crippen molar-refractivity contribution in [1.82, 2.24) is 4.98 Å². The average Bonchev–Trinajstić information content (AvgIpc) is 2.56. The Balaban J connectivity index is 2.01. The van der Waals surface area contributed by atoms with E-state index >= 15 is 0 Å². The van der Waals surface area contributed by atoms with Crippen LogP contribution in [0.15, 0.2) is 18.3 Å². The Bertz CT molecular complexity index is 405. The number of aromatic nitrogens is 1. The van der Waals surface area contributed by atoms with Crippen LogP contribution < -0.4 is 5.32 Å². The first kappa shape index (κ1) is 12.8. The number of aromatic carboxylic acids is 1. The SMILES string of the molecule is O=C(O)c1ccc(NC2CCCCCC2O)cn1. The molecule has 2 rings (SSSR count). The third-order valence-corrected chi connectivity index (χ3v) is 3.31. The van der Waals surface area contributed by atoms with Crippen molar-refractivity contribution in [2.45, 2.75) is 44.2 Å². The molecule has 2 unspecified atom stereocenters. The number of aliphatic hydroxyl groups is 1. The molecule has 0 amide bonds. The van der Waals surface area contributed by atoms with Crippen molar-refractivity contribution in [3.63, 3.8) is 0 Å². The molecule has 1 fully saturated rings. The number of carbonyl (C=O) groups is 1. The van der Waals surface area contributed by atoms with E-state index in [9.17, 15) is 9.90 Å². The average molecular weight is 250 g/mol. The largest absolute Gasteiger partial charge is 0.477 e. The van der Waals surface area contributed by atoms with Gasteiger partial charge in [0.25, 0.3) is 0 Å². The molecule has 3 N–H and O–H groups in total. The zero-order valence-electron chi connectivity index (χ0n) is 10.2. The van der Waals surface area contributed by atoms with Gasteiger partial charge >= 0.3 is 5.97 Å². The molecular formula is C13H18N2O3. The summed E-state index contributed by atoms with van der Waals surface area (Å²) in [5.74, 6) is -1.03. The number of hydrogen-bond donors (Lipinski definition) is 3. The number of carboxylic acids is 1. The van der Waals surface area contributed by atoms with Crippen LogP contribution in [-0.2, 0) is 0 Å². The van der Waals surface area contributed by atoms with Crippen molar-refractivity contribution in [2.24, 2.45) is 0 Å². The Labute approximate surface area is 106 Å². The minimum Gasteiger partial charge on any atom is -0.477 e. The van der Waals surface area contributed by atoms with Gasteiger partial charge in [-0.3, -0.25) is 0 Å². The van der Waals surface area contributed by atoms with Crippen LogP contribution in [0.5, 0.6) is 0 Å². The van der Waals surface area contributed by atoms with Crippen LogP contribution in [0, 0.1) is 0 Å². The van der Waals surface area contributed by atoms with Crippen LogP contribution in [0.1, 0.15) is 42.6 Å². The minimum absolute atomic E-state index is 0.0296. The Morgan fingerprint density at radius 2 is 2.06 bits per heavy atom. The van der Waals surface area contributed by atoms with Gasteiger partial charge in [0.1, 0.15) is 5.69 Å². The van der Waals surface area contributed by atoms with Crippen molar-refractivity contribution < 1.29 is 15.0 Å². The molecule has 2 atom stereocenters. The summed E-state index contributed by atoms with van der Waals surface area (Å²) < 4.78 is 0. The van der Waals surface area contributed by atoms with Gasteiger partial charge in [0.15, 0.2) is 0 Å². The molecule has 1 aliphatic rings. The van der Waals surface area contributed by atoms with Gasteiger partial charge in [0.2, 0.25) is 0 Å². The summed E-state index contributed by atoms with van der Waals surface area (Å²) in [5.41, 5.74) is 0.785. The van der Waals surface area contributed by atoms with Crippen LogP contribution in [0.3, 0.4) is 0 Å². The molecule has 0 bridgehead atoms. The smallest absolute Gasteiger partial charge is 0.354 e. The molecule has 5 heteroatoms. The van der Waals surface area contributed by atoms with E-state index in [0.29, 0.717) is 0 Å². The summed E-state index contributed by atoms with van der Waals surface area (Å²) in [5, 5.41) is 22.0. The first-order valence-corrected chi connectivity index (χ1v) is 6.31. The van der Waals surface area contributed by atoms with Crippen molar-refractivity contribution in [2.75, 3.05) is 5.32 Å². The summed E-state index contributed by atoms with van der Waals surface area (Å²) in [6.45, 7) is 0. The van der Waals surface area contributed by atoms with E-state index in [0.717, 1.165) is 37.8 Å². The zero-order valence-corrected chi connectivity index (χ0v) is 10.2. The molecule has 1 aliphatic carbocycles. The number of hydrogen-bond acceptors (Lipinski definition) is 4. The molecule has 5 nitrogen and oxygen atoms in total. The predicted molar refractivity (Wildman–Crippen MR) is 67.7 cm³/mol. The van der Waals surface area contributed by atoms with Gasteiger partial charge in [0, 0.05) is 0 Å². The van der Waals surface area contributed by atoms with E-state index in [-0.39, 0.29) is 17.8 Å². The molecule has 0 spiro atoms. The third-order valence-electron chi connectivity index (χ3n) is 3.31. The summed E-state index contributed by atoms with van der Waals surface area (Å²) in [6.07, 6.45) is 6.24. The summed E-state index contributed by atoms with van der Waals surface area (Å²) in [7, 11) is 0. The van der Waals surface area contributed by atoms with E-state index in [2.05, 4.69) is 10.3 Å². The molecule has 0 saturated heterocycles. The molecule has 98 valence electrons. The van der Waals surface area contributed by atoms with Crippen molar-refractivity contribution in [3.8, 4) is 0 Å². The number of aliphatic hydroxyl groups excluding tert-OH is 1. The lowest BCUT2D eigenvalue weighted by molar-refractivity contribution is 0.0690. The quantitative estimate of drug-likeness (QED) is 0.713. The van der Waals surface area contributed by atoms with Gasteiger partial charge in [-0.25, -0.2) is 9.78 Å². The van der Waals surface area contributed by atoms with Gasteiger partial charge in [-0.15, -0.1) is 0 Å². The zero-order chi connectivity index (χ0) is 13.0. The number of carboxylic acid groups (broad SMARTS) is 1. The van der Waals surface area contributed by atoms with Crippen LogP contribution in [0.4, 0.5) is 5.69 Å². The number of nitrogens with zero attached hydrogens (tertiary/aromatic N) is 1. The van der Waals surface area contributed by atoms with Crippen LogP contribution in [-0.4, -0.2) is 33.3 Å². The minimum atomic E-state index is -1.03. The fraction of sp³-hybridized carbons (Fsp3) is 0.538. The van der Waals surface area contributed by atoms with Crippen LogP contribution >= 0.6 is 0 Å². The van der Waals surface area contributed by atoms with E-state index in [1.54, 1.807) is 6.07 Å². The van der Waals surface area contributed by atoms with Crippen molar-refractivity contribution in [1.29, 1.82) is 0 Å². The number of pyridine rings is 1. The molecule has 0 aliphatic heterocycles. The van der Waals surface area contributed by atoms with E-state index < -0.39 is 5.97 Å². The van der Waals surface area contributed by atoms with Crippen LogP contribution in [0.25, 0.3) is 0 Å². The van der Waals surface area contributed by atoms with Crippen molar-refractivity contribution >= 4 is 11.7 Å². The highest BCUT2D eigenvalue weighted by Gasteiger charge is 2.21. The Morgan fingerprint density at radius 3 is 2.72 bits per heavy atom. The van der Waals surface area contributed by atoms with Crippen molar-refractivity contribution in [3.05, 3.63) is 24.0 Å². The fourth-order valence-corrected chi connectivity index (χ4v) is 2.28. The molecule has 1 aromatic heterocycles. The normalized spacial score (nSPS) is 24.3. The maximum absolute atomic E-state index is 10.7. The molecule has 1 heterocycles. The maximum Gasteiger partial charge on any atom is 0.354 e. The number of anilines is 1. The van der Waals surface area contributed by atoms with Gasteiger partial charge in [0.05, 0.1) is 24.0 Å². The van der Waals surface area contributed by atoms with Gasteiger partial charge < -0.3 is 15.5 Å². The lowest BCUT2D eigenvalue weighted by Crippen LogP contribution is -2.32. The maximum atomic E-state index is 10.7. The Kier molecular flexibility index (Phi) is 4.15. The summed E-state index contributed by atoms with van der Waals surface area (Å²) in [4.78, 5) is 14.5. The van der Waals surface area contributed by atoms with E-state index in [4.69, 9.17) is 5.11 Å². The lowest BCUT2D eigenvalue weighted by Gasteiger charge is -2.22. The van der Waals surface area contributed by atoms with Gasteiger partial charge in [-0.1, -0.05) is 19.3 Å². The predicted octanol–water partition coefficient (Wildman–Crippen LogP) is 1.89. The second kappa shape index (κ2) is 5.82. The first-order valence-electron chi connectivity index (χ1n) is 6.31. The van der Waals surface area contributed by atoms with Gasteiger partial charge in [-0.05, 0) is 25.0 Å². The molecule has 1 aromatic rings.